The van der Waals surface area contributed by atoms with Gasteiger partial charge < -0.3 is 5.32 Å². The number of nitro groups is 1. The number of anilines is 1. The van der Waals surface area contributed by atoms with Gasteiger partial charge in [0.2, 0.25) is 10.0 Å². The first-order valence-corrected chi connectivity index (χ1v) is 9.00. The van der Waals surface area contributed by atoms with Crippen LogP contribution in [0.4, 0.5) is 10.7 Å². The van der Waals surface area contributed by atoms with Gasteiger partial charge in [-0.05, 0) is 18.8 Å². The van der Waals surface area contributed by atoms with Crippen LogP contribution < -0.4 is 10.0 Å². The van der Waals surface area contributed by atoms with Crippen LogP contribution in [0.25, 0.3) is 0 Å². The summed E-state index contributed by atoms with van der Waals surface area (Å²) in [7, 11) is -3.72. The first-order chi connectivity index (χ1) is 9.69. The monoisotopic (exact) mass is 335 g/mol. The standard InChI is InChI=1S/C12H21N3O4S2/c1-5-13-12-10(15(16)17)6-11(20-12)21(18,19)14-7-9(4)8(2)3/h6,8-9,13-14H,5,7H2,1-4H3. The average Bonchev–Trinajstić information content (AvgIpc) is 2.81. The lowest BCUT2D eigenvalue weighted by Crippen LogP contribution is -2.29. The molecule has 9 heteroatoms. The second kappa shape index (κ2) is 7.19. The highest BCUT2D eigenvalue weighted by atomic mass is 32.2. The zero-order valence-electron chi connectivity index (χ0n) is 12.5. The topological polar surface area (TPSA) is 101 Å². The Kier molecular flexibility index (Phi) is 6.11. The first kappa shape index (κ1) is 17.9. The Hall–Kier alpha value is -1.19. The van der Waals surface area contributed by atoms with Crippen LogP contribution in [-0.2, 0) is 10.0 Å². The van der Waals surface area contributed by atoms with E-state index in [0.29, 0.717) is 19.0 Å². The number of sulfonamides is 1. The normalized spacial score (nSPS) is 13.4. The molecule has 2 N–H and O–H groups in total. The van der Waals surface area contributed by atoms with Crippen molar-refractivity contribution in [3.63, 3.8) is 0 Å². The summed E-state index contributed by atoms with van der Waals surface area (Å²) >= 11 is 0.876. The molecular formula is C12H21N3O4S2. The summed E-state index contributed by atoms with van der Waals surface area (Å²) in [5, 5.41) is 14.0. The maximum Gasteiger partial charge on any atom is 0.304 e. The lowest BCUT2D eigenvalue weighted by molar-refractivity contribution is -0.383. The summed E-state index contributed by atoms with van der Waals surface area (Å²) < 4.78 is 26.9. The molecule has 1 rings (SSSR count). The van der Waals surface area contributed by atoms with Crippen LogP contribution in [0.1, 0.15) is 27.7 Å². The molecule has 0 saturated heterocycles. The second-order valence-corrected chi connectivity index (χ2v) is 8.19. The molecule has 0 aromatic carbocycles. The molecule has 1 aromatic rings. The summed E-state index contributed by atoms with van der Waals surface area (Å²) in [5.41, 5.74) is -0.209. The molecule has 0 spiro atoms. The Morgan fingerprint density at radius 3 is 2.48 bits per heavy atom. The maximum absolute atomic E-state index is 12.2. The molecule has 7 nitrogen and oxygen atoms in total. The predicted molar refractivity (Wildman–Crippen MR) is 84.3 cm³/mol. The molecule has 21 heavy (non-hydrogen) atoms. The van der Waals surface area contributed by atoms with Crippen LogP contribution >= 0.6 is 11.3 Å². The first-order valence-electron chi connectivity index (χ1n) is 6.70. The molecule has 0 aliphatic rings. The van der Waals surface area contributed by atoms with Gasteiger partial charge in [-0.15, -0.1) is 0 Å². The molecular weight excluding hydrogens is 314 g/mol. The number of hydrogen-bond donors (Lipinski definition) is 2. The fourth-order valence-electron chi connectivity index (χ4n) is 1.46. The smallest absolute Gasteiger partial charge is 0.304 e. The van der Waals surface area contributed by atoms with E-state index in [2.05, 4.69) is 10.0 Å². The Labute approximate surface area is 129 Å². The van der Waals surface area contributed by atoms with Gasteiger partial charge >= 0.3 is 5.69 Å². The summed E-state index contributed by atoms with van der Waals surface area (Å²) in [6.45, 7) is 8.56. The Balaban J connectivity index is 2.98. The van der Waals surface area contributed by atoms with Crippen LogP contribution in [0, 0.1) is 22.0 Å². The third-order valence-corrected chi connectivity index (χ3v) is 6.20. The van der Waals surface area contributed by atoms with Crippen LogP contribution in [0.3, 0.4) is 0 Å². The Morgan fingerprint density at radius 2 is 2.00 bits per heavy atom. The van der Waals surface area contributed by atoms with E-state index in [1.54, 1.807) is 6.92 Å². The van der Waals surface area contributed by atoms with E-state index < -0.39 is 14.9 Å². The highest BCUT2D eigenvalue weighted by Crippen LogP contribution is 2.36. The lowest BCUT2D eigenvalue weighted by atomic mass is 9.99. The van der Waals surface area contributed by atoms with E-state index >= 15 is 0 Å². The summed E-state index contributed by atoms with van der Waals surface area (Å²) in [4.78, 5) is 10.4. The number of rotatable bonds is 8. The van der Waals surface area contributed by atoms with E-state index in [1.807, 2.05) is 20.8 Å². The van der Waals surface area contributed by atoms with E-state index in [4.69, 9.17) is 0 Å². The second-order valence-electron chi connectivity index (χ2n) is 5.14. The maximum atomic E-state index is 12.2. The van der Waals surface area contributed by atoms with E-state index in [1.165, 1.54) is 0 Å². The van der Waals surface area contributed by atoms with Gasteiger partial charge in [0.1, 0.15) is 4.21 Å². The summed E-state index contributed by atoms with van der Waals surface area (Å²) in [6.07, 6.45) is 0. The van der Waals surface area contributed by atoms with Gasteiger partial charge in [0.15, 0.2) is 5.00 Å². The van der Waals surface area contributed by atoms with Gasteiger partial charge in [-0.3, -0.25) is 10.1 Å². The predicted octanol–water partition coefficient (Wildman–Crippen LogP) is 2.66. The van der Waals surface area contributed by atoms with E-state index in [0.717, 1.165) is 17.4 Å². The highest BCUT2D eigenvalue weighted by molar-refractivity contribution is 7.91. The van der Waals surface area contributed by atoms with Crippen molar-refractivity contribution < 1.29 is 13.3 Å². The van der Waals surface area contributed by atoms with Crippen LogP contribution in [0.15, 0.2) is 10.3 Å². The highest BCUT2D eigenvalue weighted by Gasteiger charge is 2.26. The van der Waals surface area contributed by atoms with Crippen LogP contribution in [-0.4, -0.2) is 26.4 Å². The Morgan fingerprint density at radius 1 is 1.38 bits per heavy atom. The molecule has 120 valence electrons. The van der Waals surface area contributed by atoms with Crippen molar-refractivity contribution in [1.29, 1.82) is 0 Å². The zero-order chi connectivity index (χ0) is 16.2. The zero-order valence-corrected chi connectivity index (χ0v) is 14.2. The minimum atomic E-state index is -3.72. The molecule has 1 atom stereocenters. The molecule has 0 saturated carbocycles. The fraction of sp³-hybridized carbons (Fsp3) is 0.667. The molecule has 1 aromatic heterocycles. The van der Waals surface area contributed by atoms with Crippen molar-refractivity contribution in [2.75, 3.05) is 18.4 Å². The van der Waals surface area contributed by atoms with Crippen molar-refractivity contribution in [3.05, 3.63) is 16.2 Å². The van der Waals surface area contributed by atoms with Crippen LogP contribution in [0.5, 0.6) is 0 Å². The van der Waals surface area contributed by atoms with Gasteiger partial charge in [-0.1, -0.05) is 32.1 Å². The fourth-order valence-corrected chi connectivity index (χ4v) is 4.05. The van der Waals surface area contributed by atoms with Crippen molar-refractivity contribution in [1.82, 2.24) is 4.72 Å². The Bertz CT molecular complexity index is 596. The molecule has 0 bridgehead atoms. The number of thiophene rings is 1. The third kappa shape index (κ3) is 4.65. The lowest BCUT2D eigenvalue weighted by Gasteiger charge is -2.15. The van der Waals surface area contributed by atoms with Gasteiger partial charge in [0.05, 0.1) is 4.92 Å². The molecule has 1 unspecified atom stereocenters. The molecule has 0 radical (unpaired) electrons. The van der Waals surface area contributed by atoms with Crippen molar-refractivity contribution in [3.8, 4) is 0 Å². The number of nitrogens with one attached hydrogen (secondary N) is 2. The molecule has 0 amide bonds. The van der Waals surface area contributed by atoms with Crippen molar-refractivity contribution in [2.45, 2.75) is 31.9 Å². The molecule has 0 aliphatic heterocycles. The minimum Gasteiger partial charge on any atom is -0.372 e. The summed E-state index contributed by atoms with van der Waals surface area (Å²) in [5.74, 6) is 0.533. The largest absolute Gasteiger partial charge is 0.372 e. The minimum absolute atomic E-state index is 0.0406. The average molecular weight is 335 g/mol. The molecule has 0 aliphatic carbocycles. The van der Waals surface area contributed by atoms with Gasteiger partial charge in [0.25, 0.3) is 0 Å². The van der Waals surface area contributed by atoms with Crippen LogP contribution in [0.2, 0.25) is 0 Å². The quantitative estimate of drug-likeness (QED) is 0.562. The number of nitrogens with zero attached hydrogens (tertiary/aromatic N) is 1. The van der Waals surface area contributed by atoms with Gasteiger partial charge in [0, 0.05) is 19.2 Å². The summed E-state index contributed by atoms with van der Waals surface area (Å²) in [6, 6.07) is 1.10. The van der Waals surface area contributed by atoms with Crippen molar-refractivity contribution >= 4 is 32.0 Å². The third-order valence-electron chi connectivity index (χ3n) is 3.22. The van der Waals surface area contributed by atoms with Gasteiger partial charge in [-0.2, -0.15) is 0 Å². The molecule has 0 fully saturated rings. The number of hydrogen-bond acceptors (Lipinski definition) is 6. The van der Waals surface area contributed by atoms with Crippen molar-refractivity contribution in [2.24, 2.45) is 11.8 Å². The van der Waals surface area contributed by atoms with E-state index in [9.17, 15) is 18.5 Å². The van der Waals surface area contributed by atoms with Gasteiger partial charge in [-0.25, -0.2) is 13.1 Å². The SMILES string of the molecule is CCNc1sc(S(=O)(=O)NCC(C)C(C)C)cc1[N+](=O)[O-]. The molecule has 1 heterocycles. The van der Waals surface area contributed by atoms with E-state index in [-0.39, 0.29) is 20.8 Å².